The number of ether oxygens (including phenoxy) is 1. The number of carbonyl (C=O) groups is 1. The highest BCUT2D eigenvalue weighted by Gasteiger charge is 2.29. The number of anilines is 1. The molecule has 2 atom stereocenters. The van der Waals surface area contributed by atoms with E-state index in [1.54, 1.807) is 0 Å². The molecule has 0 unspecified atom stereocenters. The number of amides is 1. The van der Waals surface area contributed by atoms with E-state index < -0.39 is 10.0 Å². The average molecular weight is 340 g/mol. The summed E-state index contributed by atoms with van der Waals surface area (Å²) < 4.78 is 33.1. The van der Waals surface area contributed by atoms with Crippen molar-refractivity contribution in [3.8, 4) is 5.75 Å². The summed E-state index contributed by atoms with van der Waals surface area (Å²) in [4.78, 5) is 11.4. The number of nitrogens with one attached hydrogen (secondary N) is 2. The number of fused-ring (bicyclic) bond motifs is 1. The average Bonchev–Trinajstić information content (AvgIpc) is 2.54. The second-order valence-electron chi connectivity index (χ2n) is 5.95. The van der Waals surface area contributed by atoms with Crippen LogP contribution in [0.5, 0.6) is 5.75 Å². The van der Waals surface area contributed by atoms with Gasteiger partial charge >= 0.3 is 0 Å². The lowest BCUT2D eigenvalue weighted by molar-refractivity contribution is -0.118. The van der Waals surface area contributed by atoms with E-state index in [4.69, 9.17) is 4.74 Å². The number of aliphatic hydroxyl groups is 1. The molecule has 3 N–H and O–H groups in total. The van der Waals surface area contributed by atoms with Crippen LogP contribution in [0.15, 0.2) is 23.1 Å². The molecule has 1 aliphatic carbocycles. The quantitative estimate of drug-likeness (QED) is 0.753. The lowest BCUT2D eigenvalue weighted by atomic mass is 9.86. The van der Waals surface area contributed by atoms with Crippen molar-refractivity contribution in [1.29, 1.82) is 0 Å². The highest BCUT2D eigenvalue weighted by atomic mass is 32.2. The van der Waals surface area contributed by atoms with Crippen molar-refractivity contribution in [1.82, 2.24) is 4.72 Å². The van der Waals surface area contributed by atoms with Gasteiger partial charge in [-0.05, 0) is 37.0 Å². The molecule has 1 aromatic carbocycles. The van der Waals surface area contributed by atoms with Gasteiger partial charge in [-0.15, -0.1) is 0 Å². The highest BCUT2D eigenvalue weighted by Crippen LogP contribution is 2.31. The molecule has 1 aromatic rings. The summed E-state index contributed by atoms with van der Waals surface area (Å²) in [6, 6.07) is 4.12. The normalized spacial score (nSPS) is 24.5. The first-order chi connectivity index (χ1) is 11.0. The van der Waals surface area contributed by atoms with Crippen molar-refractivity contribution < 1.29 is 23.1 Å². The third-order valence-corrected chi connectivity index (χ3v) is 5.83. The zero-order valence-electron chi connectivity index (χ0n) is 12.6. The number of aliphatic hydroxyl groups excluding tert-OH is 1. The molecular weight excluding hydrogens is 320 g/mol. The molecule has 1 fully saturated rings. The first-order valence-corrected chi connectivity index (χ1v) is 9.18. The first-order valence-electron chi connectivity index (χ1n) is 7.69. The van der Waals surface area contributed by atoms with Gasteiger partial charge in [-0.1, -0.05) is 12.8 Å². The number of sulfonamides is 1. The molecule has 0 bridgehead atoms. The van der Waals surface area contributed by atoms with Crippen molar-refractivity contribution in [2.45, 2.75) is 36.6 Å². The molecule has 23 heavy (non-hydrogen) atoms. The maximum atomic E-state index is 12.6. The first kappa shape index (κ1) is 16.2. The van der Waals surface area contributed by atoms with E-state index >= 15 is 0 Å². The largest absolute Gasteiger partial charge is 0.482 e. The Bertz CT molecular complexity index is 704. The molecule has 1 amide bonds. The second-order valence-corrected chi connectivity index (χ2v) is 7.66. The van der Waals surface area contributed by atoms with Crippen molar-refractivity contribution in [3.05, 3.63) is 18.2 Å². The summed E-state index contributed by atoms with van der Waals surface area (Å²) in [6.45, 7) is -0.0983. The summed E-state index contributed by atoms with van der Waals surface area (Å²) in [5, 5.41) is 12.0. The molecule has 1 heterocycles. The Balaban J connectivity index is 1.82. The van der Waals surface area contributed by atoms with Crippen molar-refractivity contribution >= 4 is 21.6 Å². The standard InChI is InChI=1S/C15H20N2O5S/c18-8-10-3-1-2-4-12(10)17-23(20,21)11-5-6-14-13(7-11)16-15(19)9-22-14/h5-7,10,12,17-18H,1-4,8-9H2,(H,16,19)/t10-,12+/m1/s1. The molecule has 0 aromatic heterocycles. The van der Waals surface area contributed by atoms with Gasteiger partial charge in [0.05, 0.1) is 10.6 Å². The van der Waals surface area contributed by atoms with E-state index in [1.165, 1.54) is 18.2 Å². The Morgan fingerprint density at radius 3 is 2.87 bits per heavy atom. The number of hydrogen-bond acceptors (Lipinski definition) is 5. The van der Waals surface area contributed by atoms with Crippen LogP contribution >= 0.6 is 0 Å². The van der Waals surface area contributed by atoms with E-state index in [-0.39, 0.29) is 36.0 Å². The van der Waals surface area contributed by atoms with Gasteiger partial charge < -0.3 is 15.2 Å². The summed E-state index contributed by atoms with van der Waals surface area (Å²) in [5.41, 5.74) is 0.353. The maximum Gasteiger partial charge on any atom is 0.262 e. The molecule has 7 nitrogen and oxygen atoms in total. The maximum absolute atomic E-state index is 12.6. The van der Waals surface area contributed by atoms with Crippen LogP contribution in [0.1, 0.15) is 25.7 Å². The van der Waals surface area contributed by atoms with Crippen LogP contribution in [-0.4, -0.2) is 38.7 Å². The molecule has 0 saturated heterocycles. The molecule has 0 radical (unpaired) electrons. The fourth-order valence-electron chi connectivity index (χ4n) is 3.08. The van der Waals surface area contributed by atoms with Crippen LogP contribution in [-0.2, 0) is 14.8 Å². The van der Waals surface area contributed by atoms with Crippen molar-refractivity contribution in [2.75, 3.05) is 18.5 Å². The predicted molar refractivity (Wildman–Crippen MR) is 83.7 cm³/mol. The van der Waals surface area contributed by atoms with E-state index in [0.29, 0.717) is 11.4 Å². The molecular formula is C15H20N2O5S. The molecule has 126 valence electrons. The minimum Gasteiger partial charge on any atom is -0.482 e. The number of hydrogen-bond donors (Lipinski definition) is 3. The Morgan fingerprint density at radius 1 is 1.30 bits per heavy atom. The van der Waals surface area contributed by atoms with Crippen LogP contribution in [0.4, 0.5) is 5.69 Å². The lowest BCUT2D eigenvalue weighted by Gasteiger charge is -2.30. The van der Waals surface area contributed by atoms with Crippen LogP contribution in [0, 0.1) is 5.92 Å². The molecule has 1 saturated carbocycles. The number of benzene rings is 1. The van der Waals surface area contributed by atoms with Gasteiger partial charge in [0.2, 0.25) is 10.0 Å². The topological polar surface area (TPSA) is 105 Å². The van der Waals surface area contributed by atoms with Crippen LogP contribution in [0.2, 0.25) is 0 Å². The fraction of sp³-hybridized carbons (Fsp3) is 0.533. The van der Waals surface area contributed by atoms with Gasteiger partial charge in [0.1, 0.15) is 5.75 Å². The Hall–Kier alpha value is -1.64. The van der Waals surface area contributed by atoms with E-state index in [1.807, 2.05) is 0 Å². The van der Waals surface area contributed by atoms with Gasteiger partial charge in [-0.2, -0.15) is 0 Å². The van der Waals surface area contributed by atoms with E-state index in [9.17, 15) is 18.3 Å². The molecule has 2 aliphatic rings. The molecule has 0 spiro atoms. The minimum absolute atomic E-state index is 0.0265. The summed E-state index contributed by atoms with van der Waals surface area (Å²) in [5.74, 6) is 0.0845. The molecule has 3 rings (SSSR count). The van der Waals surface area contributed by atoms with Gasteiger partial charge in [-0.3, -0.25) is 4.79 Å². The molecule has 1 aliphatic heterocycles. The zero-order valence-corrected chi connectivity index (χ0v) is 13.4. The van der Waals surface area contributed by atoms with Gasteiger partial charge in [0, 0.05) is 12.6 Å². The highest BCUT2D eigenvalue weighted by molar-refractivity contribution is 7.89. The minimum atomic E-state index is -3.72. The summed E-state index contributed by atoms with van der Waals surface area (Å²) in [7, 11) is -3.72. The van der Waals surface area contributed by atoms with Crippen molar-refractivity contribution in [3.63, 3.8) is 0 Å². The SMILES string of the molecule is O=C1COc2ccc(S(=O)(=O)N[C@H]3CCCC[C@@H]3CO)cc2N1. The van der Waals surface area contributed by atoms with Gasteiger partial charge in [0.15, 0.2) is 6.61 Å². The summed E-state index contributed by atoms with van der Waals surface area (Å²) >= 11 is 0. The third kappa shape index (κ3) is 3.49. The van der Waals surface area contributed by atoms with Crippen LogP contribution < -0.4 is 14.8 Å². The second kappa shape index (κ2) is 6.46. The van der Waals surface area contributed by atoms with E-state index in [0.717, 1.165) is 25.7 Å². The Labute approximate surface area is 135 Å². The third-order valence-electron chi connectivity index (χ3n) is 4.34. The fourth-order valence-corrected chi connectivity index (χ4v) is 4.44. The smallest absolute Gasteiger partial charge is 0.262 e. The van der Waals surface area contributed by atoms with Crippen molar-refractivity contribution in [2.24, 2.45) is 5.92 Å². The number of rotatable bonds is 4. The summed E-state index contributed by atoms with van der Waals surface area (Å²) in [6.07, 6.45) is 3.48. The Morgan fingerprint density at radius 2 is 2.09 bits per heavy atom. The predicted octanol–water partition coefficient (Wildman–Crippen LogP) is 0.847. The van der Waals surface area contributed by atoms with Gasteiger partial charge in [0.25, 0.3) is 5.91 Å². The zero-order chi connectivity index (χ0) is 16.4. The lowest BCUT2D eigenvalue weighted by Crippen LogP contribution is -2.43. The van der Waals surface area contributed by atoms with E-state index in [2.05, 4.69) is 10.0 Å². The van der Waals surface area contributed by atoms with Crippen LogP contribution in [0.3, 0.4) is 0 Å². The Kier molecular flexibility index (Phi) is 4.56. The molecule has 8 heteroatoms. The van der Waals surface area contributed by atoms with Gasteiger partial charge in [-0.25, -0.2) is 13.1 Å². The van der Waals surface area contributed by atoms with Crippen LogP contribution in [0.25, 0.3) is 0 Å². The number of carbonyl (C=O) groups excluding carboxylic acids is 1. The monoisotopic (exact) mass is 340 g/mol.